The summed E-state index contributed by atoms with van der Waals surface area (Å²) in [5.41, 5.74) is 4.05. The normalized spacial score (nSPS) is 18.9. The fourth-order valence-corrected chi connectivity index (χ4v) is 2.77. The first-order chi connectivity index (χ1) is 9.36. The van der Waals surface area contributed by atoms with Crippen LogP contribution in [-0.4, -0.2) is 16.1 Å². The fourth-order valence-electron chi connectivity index (χ4n) is 2.77. The van der Waals surface area contributed by atoms with Crippen molar-refractivity contribution in [2.45, 2.75) is 38.8 Å². The smallest absolute Gasteiger partial charge is 0.0951 e. The molecule has 0 aliphatic carbocycles. The highest BCUT2D eigenvalue weighted by Gasteiger charge is 2.19. The highest BCUT2D eigenvalue weighted by molar-refractivity contribution is 5.23. The molecule has 19 heavy (non-hydrogen) atoms. The van der Waals surface area contributed by atoms with Crippen molar-refractivity contribution in [2.75, 3.05) is 6.54 Å². The largest absolute Gasteiger partial charge is 0.329 e. The molecule has 1 aliphatic heterocycles. The quantitative estimate of drug-likeness (QED) is 0.910. The third-order valence-electron chi connectivity index (χ3n) is 3.95. The predicted molar refractivity (Wildman–Crippen MR) is 77.1 cm³/mol. The number of benzene rings is 1. The lowest BCUT2D eigenvalue weighted by Gasteiger charge is -2.14. The third-order valence-corrected chi connectivity index (χ3v) is 3.95. The van der Waals surface area contributed by atoms with E-state index >= 15 is 0 Å². The van der Waals surface area contributed by atoms with Crippen molar-refractivity contribution in [3.8, 4) is 0 Å². The molecule has 2 heterocycles. The van der Waals surface area contributed by atoms with Crippen molar-refractivity contribution in [3.63, 3.8) is 0 Å². The molecule has 1 N–H and O–H groups in total. The van der Waals surface area contributed by atoms with Gasteiger partial charge in [-0.1, -0.05) is 31.2 Å². The Morgan fingerprint density at radius 2 is 2.05 bits per heavy atom. The number of rotatable bonds is 4. The van der Waals surface area contributed by atoms with Crippen LogP contribution in [0.25, 0.3) is 0 Å². The Balaban J connectivity index is 1.77. The Kier molecular flexibility index (Phi) is 3.65. The summed E-state index contributed by atoms with van der Waals surface area (Å²) in [7, 11) is 0. The zero-order valence-electron chi connectivity index (χ0n) is 11.5. The van der Waals surface area contributed by atoms with E-state index in [0.29, 0.717) is 6.04 Å². The molecule has 1 unspecified atom stereocenters. The minimum atomic E-state index is 0.484. The Morgan fingerprint density at radius 3 is 2.74 bits per heavy atom. The van der Waals surface area contributed by atoms with E-state index in [4.69, 9.17) is 0 Å². The minimum Gasteiger partial charge on any atom is -0.329 e. The monoisotopic (exact) mass is 255 g/mol. The topological polar surface area (TPSA) is 29.9 Å². The van der Waals surface area contributed by atoms with Crippen molar-refractivity contribution in [1.29, 1.82) is 0 Å². The number of aromatic nitrogens is 2. The van der Waals surface area contributed by atoms with Gasteiger partial charge in [0, 0.05) is 18.8 Å². The molecule has 1 aliphatic rings. The van der Waals surface area contributed by atoms with Gasteiger partial charge in [-0.05, 0) is 36.9 Å². The van der Waals surface area contributed by atoms with Gasteiger partial charge in [0.25, 0.3) is 0 Å². The Morgan fingerprint density at radius 1 is 1.26 bits per heavy atom. The van der Waals surface area contributed by atoms with Crippen molar-refractivity contribution in [2.24, 2.45) is 0 Å². The second-order valence-corrected chi connectivity index (χ2v) is 5.27. The standard InChI is InChI=1S/C16H21N3/c1-2-13-5-7-14(8-6-13)11-19-12-17-10-16(19)15-4-3-9-18-15/h5-8,10,12,15,18H,2-4,9,11H2,1H3. The van der Waals surface area contributed by atoms with Crippen LogP contribution in [0.3, 0.4) is 0 Å². The van der Waals surface area contributed by atoms with E-state index < -0.39 is 0 Å². The van der Waals surface area contributed by atoms with Gasteiger partial charge in [-0.3, -0.25) is 0 Å². The molecular formula is C16H21N3. The second-order valence-electron chi connectivity index (χ2n) is 5.27. The highest BCUT2D eigenvalue weighted by atomic mass is 15.1. The van der Waals surface area contributed by atoms with E-state index in [-0.39, 0.29) is 0 Å². The summed E-state index contributed by atoms with van der Waals surface area (Å²) in [4.78, 5) is 4.32. The molecule has 2 aromatic rings. The van der Waals surface area contributed by atoms with Gasteiger partial charge in [0.2, 0.25) is 0 Å². The van der Waals surface area contributed by atoms with Crippen LogP contribution in [0.1, 0.15) is 42.6 Å². The summed E-state index contributed by atoms with van der Waals surface area (Å²) in [5, 5.41) is 3.54. The van der Waals surface area contributed by atoms with Gasteiger partial charge in [-0.2, -0.15) is 0 Å². The van der Waals surface area contributed by atoms with Crippen molar-refractivity contribution in [1.82, 2.24) is 14.9 Å². The molecule has 100 valence electrons. The molecule has 1 saturated heterocycles. The zero-order chi connectivity index (χ0) is 13.1. The van der Waals surface area contributed by atoms with Crippen molar-refractivity contribution >= 4 is 0 Å². The summed E-state index contributed by atoms with van der Waals surface area (Å²) in [6.07, 6.45) is 7.54. The summed E-state index contributed by atoms with van der Waals surface area (Å²) in [6, 6.07) is 9.38. The molecule has 0 spiro atoms. The van der Waals surface area contributed by atoms with Crippen molar-refractivity contribution < 1.29 is 0 Å². The number of aryl methyl sites for hydroxylation is 1. The third kappa shape index (κ3) is 2.71. The fraction of sp³-hybridized carbons (Fsp3) is 0.438. The molecule has 0 amide bonds. The minimum absolute atomic E-state index is 0.484. The molecule has 0 bridgehead atoms. The zero-order valence-corrected chi connectivity index (χ0v) is 11.5. The molecule has 0 saturated carbocycles. The second kappa shape index (κ2) is 5.57. The van der Waals surface area contributed by atoms with Gasteiger partial charge in [-0.15, -0.1) is 0 Å². The Hall–Kier alpha value is -1.61. The lowest BCUT2D eigenvalue weighted by Crippen LogP contribution is -2.17. The van der Waals surface area contributed by atoms with E-state index in [1.54, 1.807) is 0 Å². The summed E-state index contributed by atoms with van der Waals surface area (Å²) >= 11 is 0. The first-order valence-electron chi connectivity index (χ1n) is 7.18. The molecule has 3 heteroatoms. The van der Waals surface area contributed by atoms with Gasteiger partial charge in [0.05, 0.1) is 12.0 Å². The maximum atomic E-state index is 4.32. The van der Waals surface area contributed by atoms with E-state index in [1.165, 1.54) is 29.7 Å². The SMILES string of the molecule is CCc1ccc(Cn2cncc2C2CCCN2)cc1. The summed E-state index contributed by atoms with van der Waals surface area (Å²) in [6.45, 7) is 4.23. The molecule has 1 aromatic heterocycles. The Bertz CT molecular complexity index is 521. The molecule has 3 rings (SSSR count). The van der Waals surface area contributed by atoms with Crippen LogP contribution in [0.2, 0.25) is 0 Å². The summed E-state index contributed by atoms with van der Waals surface area (Å²) in [5.74, 6) is 0. The van der Waals surface area contributed by atoms with E-state index in [1.807, 2.05) is 12.5 Å². The van der Waals surface area contributed by atoms with Gasteiger partial charge in [-0.25, -0.2) is 4.98 Å². The van der Waals surface area contributed by atoms with Crippen LogP contribution in [0.4, 0.5) is 0 Å². The molecule has 1 fully saturated rings. The van der Waals surface area contributed by atoms with E-state index in [0.717, 1.165) is 19.5 Å². The van der Waals surface area contributed by atoms with Crippen molar-refractivity contribution in [3.05, 3.63) is 53.6 Å². The first kappa shape index (κ1) is 12.4. The molecule has 0 radical (unpaired) electrons. The number of hydrogen-bond acceptors (Lipinski definition) is 2. The van der Waals surface area contributed by atoms with Crippen LogP contribution in [0.15, 0.2) is 36.8 Å². The van der Waals surface area contributed by atoms with Crippen LogP contribution in [0, 0.1) is 0 Å². The maximum absolute atomic E-state index is 4.32. The van der Waals surface area contributed by atoms with Crippen LogP contribution >= 0.6 is 0 Å². The van der Waals surface area contributed by atoms with Gasteiger partial charge < -0.3 is 9.88 Å². The molecule has 1 atom stereocenters. The Labute approximate surface area is 114 Å². The predicted octanol–water partition coefficient (Wildman–Crippen LogP) is 2.92. The summed E-state index contributed by atoms with van der Waals surface area (Å²) < 4.78 is 2.27. The van der Waals surface area contributed by atoms with E-state index in [2.05, 4.69) is 46.1 Å². The number of imidazole rings is 1. The lowest BCUT2D eigenvalue weighted by molar-refractivity contribution is 0.584. The number of nitrogens with zero attached hydrogens (tertiary/aromatic N) is 2. The van der Waals surface area contributed by atoms with E-state index in [9.17, 15) is 0 Å². The average molecular weight is 255 g/mol. The maximum Gasteiger partial charge on any atom is 0.0951 e. The molecule has 1 aromatic carbocycles. The average Bonchev–Trinajstić information content (AvgIpc) is 3.10. The molecule has 3 nitrogen and oxygen atoms in total. The number of nitrogens with one attached hydrogen (secondary N) is 1. The first-order valence-corrected chi connectivity index (χ1v) is 7.18. The van der Waals surface area contributed by atoms with Gasteiger partial charge in [0.15, 0.2) is 0 Å². The van der Waals surface area contributed by atoms with Crippen LogP contribution < -0.4 is 5.32 Å². The highest BCUT2D eigenvalue weighted by Crippen LogP contribution is 2.23. The molecular weight excluding hydrogens is 234 g/mol. The number of hydrogen-bond donors (Lipinski definition) is 1. The van der Waals surface area contributed by atoms with Gasteiger partial charge >= 0.3 is 0 Å². The van der Waals surface area contributed by atoms with Gasteiger partial charge in [0.1, 0.15) is 0 Å². The van der Waals surface area contributed by atoms with Crippen LogP contribution in [-0.2, 0) is 13.0 Å². The lowest BCUT2D eigenvalue weighted by atomic mass is 10.1. The van der Waals surface area contributed by atoms with Crippen LogP contribution in [0.5, 0.6) is 0 Å².